The zero-order valence-corrected chi connectivity index (χ0v) is 25.1. The van der Waals surface area contributed by atoms with Crippen molar-refractivity contribution in [3.63, 3.8) is 0 Å². The number of esters is 1. The molecule has 0 saturated heterocycles. The third-order valence-electron chi connectivity index (χ3n) is 6.64. The van der Waals surface area contributed by atoms with Gasteiger partial charge in [0.1, 0.15) is 17.2 Å². The Balaban J connectivity index is 2.57. The minimum Gasteiger partial charge on any atom is -0.425 e. The molecule has 0 aliphatic rings. The van der Waals surface area contributed by atoms with Crippen molar-refractivity contribution in [2.24, 2.45) is 0 Å². The Bertz CT molecular complexity index is 1250. The van der Waals surface area contributed by atoms with Crippen LogP contribution in [0.3, 0.4) is 0 Å². The van der Waals surface area contributed by atoms with Gasteiger partial charge in [0.25, 0.3) is 5.91 Å². The summed E-state index contributed by atoms with van der Waals surface area (Å²) in [5, 5.41) is 13.4. The molecular formula is C30H39F2NO5Si. The molecule has 9 heteroatoms. The largest absolute Gasteiger partial charge is 0.425 e. The van der Waals surface area contributed by atoms with Crippen LogP contribution < -0.4 is 10.1 Å². The van der Waals surface area contributed by atoms with E-state index in [2.05, 4.69) is 51.0 Å². The molecule has 0 saturated carbocycles. The smallest absolute Gasteiger partial charge is 0.308 e. The fourth-order valence-corrected chi connectivity index (χ4v) is 4.61. The zero-order chi connectivity index (χ0) is 29.6. The number of aliphatic hydroxyl groups is 1. The molecule has 1 amide bonds. The van der Waals surface area contributed by atoms with Crippen molar-refractivity contribution in [3.05, 3.63) is 53.1 Å². The highest BCUT2D eigenvalue weighted by Crippen LogP contribution is 2.36. The zero-order valence-electron chi connectivity index (χ0n) is 24.1. The molecule has 212 valence electrons. The van der Waals surface area contributed by atoms with Crippen LogP contribution in [0.4, 0.5) is 8.78 Å². The molecule has 6 nitrogen and oxygen atoms in total. The van der Waals surface area contributed by atoms with Gasteiger partial charge in [-0.3, -0.25) is 9.59 Å². The first-order valence-corrected chi connectivity index (χ1v) is 15.9. The van der Waals surface area contributed by atoms with Crippen molar-refractivity contribution >= 4 is 20.2 Å². The predicted molar refractivity (Wildman–Crippen MR) is 151 cm³/mol. The van der Waals surface area contributed by atoms with Crippen LogP contribution >= 0.6 is 0 Å². The first kappa shape index (κ1) is 32.2. The molecule has 0 radical (unpaired) electrons. The summed E-state index contributed by atoms with van der Waals surface area (Å²) >= 11 is 0. The average Bonchev–Trinajstić information content (AvgIpc) is 2.79. The molecule has 0 aliphatic heterocycles. The summed E-state index contributed by atoms with van der Waals surface area (Å²) in [7, 11) is -2.03. The SMILES string of the molecule is CCCC(C)(O)C#Cc1cc(-c2cc(F)cc(F)c2)cc(C(=O)NCCO[Si](C)(C)C(C)(C)C)c1OC(C)=O. The molecule has 1 unspecified atom stereocenters. The molecule has 1 atom stereocenters. The van der Waals surface area contributed by atoms with Gasteiger partial charge in [-0.1, -0.05) is 46.0 Å². The van der Waals surface area contributed by atoms with E-state index < -0.39 is 37.4 Å². The van der Waals surface area contributed by atoms with E-state index >= 15 is 0 Å². The Morgan fingerprint density at radius 3 is 2.15 bits per heavy atom. The maximum Gasteiger partial charge on any atom is 0.308 e. The van der Waals surface area contributed by atoms with Gasteiger partial charge in [0.15, 0.2) is 14.1 Å². The van der Waals surface area contributed by atoms with Gasteiger partial charge in [-0.05, 0) is 66.9 Å². The number of hydrogen-bond acceptors (Lipinski definition) is 5. The Labute approximate surface area is 231 Å². The van der Waals surface area contributed by atoms with E-state index in [-0.39, 0.29) is 46.2 Å². The molecular weight excluding hydrogens is 520 g/mol. The van der Waals surface area contributed by atoms with Crippen LogP contribution in [-0.2, 0) is 9.22 Å². The lowest BCUT2D eigenvalue weighted by molar-refractivity contribution is -0.131. The summed E-state index contributed by atoms with van der Waals surface area (Å²) in [6.07, 6.45) is 1.06. The van der Waals surface area contributed by atoms with Crippen LogP contribution in [0.25, 0.3) is 11.1 Å². The van der Waals surface area contributed by atoms with E-state index in [1.54, 1.807) is 6.92 Å². The first-order valence-electron chi connectivity index (χ1n) is 13.0. The van der Waals surface area contributed by atoms with Gasteiger partial charge in [-0.15, -0.1) is 0 Å². The Hall–Kier alpha value is -3.06. The Kier molecular flexibility index (Phi) is 10.6. The van der Waals surface area contributed by atoms with E-state index in [4.69, 9.17) is 9.16 Å². The lowest BCUT2D eigenvalue weighted by Crippen LogP contribution is -2.42. The second kappa shape index (κ2) is 12.9. The van der Waals surface area contributed by atoms with Crippen LogP contribution in [0.2, 0.25) is 18.1 Å². The van der Waals surface area contributed by atoms with Crippen LogP contribution in [0, 0.1) is 23.5 Å². The van der Waals surface area contributed by atoms with Gasteiger partial charge in [-0.2, -0.15) is 0 Å². The highest BCUT2D eigenvalue weighted by Gasteiger charge is 2.37. The molecule has 2 rings (SSSR count). The number of halogens is 2. The topological polar surface area (TPSA) is 84.9 Å². The molecule has 2 aromatic rings. The molecule has 0 heterocycles. The summed E-state index contributed by atoms with van der Waals surface area (Å²) in [5.74, 6) is 2.63. The van der Waals surface area contributed by atoms with Crippen molar-refractivity contribution in [2.75, 3.05) is 13.2 Å². The standard InChI is InChI=1S/C30H39F2NO5Si/c1-9-11-30(6,36)12-10-21-15-22(23-16-24(31)19-25(32)17-23)18-26(27(21)38-20(2)34)28(35)33-13-14-37-39(7,8)29(3,4)5/h15-19,36H,9,11,13-14H2,1-8H3,(H,33,35). The fraction of sp³-hybridized carbons (Fsp3) is 0.467. The molecule has 0 aliphatic carbocycles. The quantitative estimate of drug-likeness (QED) is 0.125. The van der Waals surface area contributed by atoms with Gasteiger partial charge in [0.05, 0.1) is 17.7 Å². The summed E-state index contributed by atoms with van der Waals surface area (Å²) < 4.78 is 39.6. The predicted octanol–water partition coefficient (Wildman–Crippen LogP) is 6.21. The number of amides is 1. The Morgan fingerprint density at radius 2 is 1.62 bits per heavy atom. The second-order valence-corrected chi connectivity index (χ2v) is 16.1. The van der Waals surface area contributed by atoms with Crippen molar-refractivity contribution in [1.82, 2.24) is 5.32 Å². The van der Waals surface area contributed by atoms with Gasteiger partial charge in [-0.25, -0.2) is 8.78 Å². The highest BCUT2D eigenvalue weighted by molar-refractivity contribution is 6.74. The fourth-order valence-electron chi connectivity index (χ4n) is 3.56. The van der Waals surface area contributed by atoms with Crippen LogP contribution in [-0.4, -0.2) is 44.1 Å². The van der Waals surface area contributed by atoms with E-state index in [1.807, 2.05) is 6.92 Å². The summed E-state index contributed by atoms with van der Waals surface area (Å²) in [4.78, 5) is 25.3. The molecule has 0 spiro atoms. The van der Waals surface area contributed by atoms with E-state index in [0.717, 1.165) is 18.2 Å². The normalized spacial score (nSPS) is 13.2. The molecule has 0 aromatic heterocycles. The van der Waals surface area contributed by atoms with E-state index in [1.165, 1.54) is 19.1 Å². The second-order valence-electron chi connectivity index (χ2n) is 11.3. The molecule has 2 N–H and O–H groups in total. The number of nitrogens with one attached hydrogen (secondary N) is 1. The summed E-state index contributed by atoms with van der Waals surface area (Å²) in [6, 6.07) is 5.87. The van der Waals surface area contributed by atoms with Crippen LogP contribution in [0.15, 0.2) is 30.3 Å². The van der Waals surface area contributed by atoms with Gasteiger partial charge in [0, 0.05) is 19.5 Å². The van der Waals surface area contributed by atoms with Crippen LogP contribution in [0.1, 0.15) is 70.3 Å². The van der Waals surface area contributed by atoms with Gasteiger partial charge >= 0.3 is 5.97 Å². The first-order chi connectivity index (χ1) is 18.0. The number of carbonyl (C=O) groups excluding carboxylic acids is 2. The maximum absolute atomic E-state index is 14.0. The maximum atomic E-state index is 14.0. The van der Waals surface area contributed by atoms with Crippen LogP contribution in [0.5, 0.6) is 5.75 Å². The number of rotatable bonds is 9. The molecule has 39 heavy (non-hydrogen) atoms. The highest BCUT2D eigenvalue weighted by atomic mass is 28.4. The minimum atomic E-state index is -2.03. The van der Waals surface area contributed by atoms with E-state index in [9.17, 15) is 23.5 Å². The van der Waals surface area contributed by atoms with Crippen molar-refractivity contribution in [1.29, 1.82) is 0 Å². The lowest BCUT2D eigenvalue weighted by atomic mass is 9.96. The molecule has 0 fully saturated rings. The number of carbonyl (C=O) groups is 2. The third kappa shape index (κ3) is 9.27. The van der Waals surface area contributed by atoms with Crippen molar-refractivity contribution in [3.8, 4) is 28.7 Å². The number of ether oxygens (including phenoxy) is 1. The molecule has 0 bridgehead atoms. The molecule has 2 aromatic carbocycles. The average molecular weight is 560 g/mol. The number of hydrogen-bond donors (Lipinski definition) is 2. The monoisotopic (exact) mass is 559 g/mol. The number of benzene rings is 2. The minimum absolute atomic E-state index is 0.000616. The summed E-state index contributed by atoms with van der Waals surface area (Å²) in [5.41, 5.74) is -0.815. The summed E-state index contributed by atoms with van der Waals surface area (Å²) in [6.45, 7) is 15.7. The van der Waals surface area contributed by atoms with Crippen molar-refractivity contribution in [2.45, 2.75) is 78.1 Å². The third-order valence-corrected chi connectivity index (χ3v) is 11.2. The van der Waals surface area contributed by atoms with E-state index in [0.29, 0.717) is 12.8 Å². The lowest BCUT2D eigenvalue weighted by Gasteiger charge is -2.36. The Morgan fingerprint density at radius 1 is 1.03 bits per heavy atom. The van der Waals surface area contributed by atoms with Gasteiger partial charge < -0.3 is 19.6 Å². The van der Waals surface area contributed by atoms with Crippen molar-refractivity contribution < 1.29 is 32.6 Å². The van der Waals surface area contributed by atoms with Gasteiger partial charge in [0.2, 0.25) is 0 Å².